The minimum atomic E-state index is -4.31. The largest absolute Gasteiger partial charge is 0.412 e. The predicted molar refractivity (Wildman–Crippen MR) is 99.6 cm³/mol. The van der Waals surface area contributed by atoms with Gasteiger partial charge in [-0.05, 0) is 72.3 Å². The number of rotatable bonds is 3. The van der Waals surface area contributed by atoms with Crippen LogP contribution in [0.3, 0.4) is 0 Å². The quantitative estimate of drug-likeness (QED) is 0.691. The van der Waals surface area contributed by atoms with Gasteiger partial charge in [0.2, 0.25) is 0 Å². The minimum absolute atomic E-state index is 0.00303. The van der Waals surface area contributed by atoms with Crippen LogP contribution in [-0.4, -0.2) is 34.1 Å². The van der Waals surface area contributed by atoms with Crippen LogP contribution < -0.4 is 5.56 Å². The highest BCUT2D eigenvalue weighted by molar-refractivity contribution is 9.10. The number of aromatic nitrogens is 1. The van der Waals surface area contributed by atoms with E-state index in [0.29, 0.717) is 41.7 Å². The molecule has 27 heavy (non-hydrogen) atoms. The normalized spacial score (nSPS) is 20.7. The first-order chi connectivity index (χ1) is 12.6. The number of allylic oxidation sites excluding steroid dienone is 3. The molecule has 1 unspecified atom stereocenters. The maximum atomic E-state index is 13.1. The molecule has 0 saturated heterocycles. The lowest BCUT2D eigenvalue weighted by Crippen LogP contribution is -2.50. The van der Waals surface area contributed by atoms with Gasteiger partial charge in [-0.1, -0.05) is 6.08 Å². The van der Waals surface area contributed by atoms with Crippen LogP contribution in [0.25, 0.3) is 0 Å². The van der Waals surface area contributed by atoms with Crippen LogP contribution in [0.1, 0.15) is 43.6 Å². The van der Waals surface area contributed by atoms with Gasteiger partial charge >= 0.3 is 6.18 Å². The Balaban J connectivity index is 1.80. The van der Waals surface area contributed by atoms with Crippen molar-refractivity contribution in [2.24, 2.45) is 0 Å². The predicted octanol–water partition coefficient (Wildman–Crippen LogP) is 4.44. The van der Waals surface area contributed by atoms with Crippen LogP contribution in [0.2, 0.25) is 0 Å². The lowest BCUT2D eigenvalue weighted by atomic mass is 9.89. The summed E-state index contributed by atoms with van der Waals surface area (Å²) in [5.41, 5.74) is 0.497. The number of hydrogen-bond acceptors (Lipinski definition) is 2. The van der Waals surface area contributed by atoms with Crippen LogP contribution >= 0.6 is 15.9 Å². The van der Waals surface area contributed by atoms with E-state index in [9.17, 15) is 22.8 Å². The van der Waals surface area contributed by atoms with Crippen molar-refractivity contribution < 1.29 is 18.0 Å². The number of carbonyl (C=O) groups is 1. The second-order valence-electron chi connectivity index (χ2n) is 6.95. The first-order valence-corrected chi connectivity index (χ1v) is 9.57. The highest BCUT2D eigenvalue weighted by Gasteiger charge is 2.36. The van der Waals surface area contributed by atoms with E-state index in [4.69, 9.17) is 0 Å². The van der Waals surface area contributed by atoms with Crippen molar-refractivity contribution in [2.45, 2.75) is 51.9 Å². The average molecular weight is 445 g/mol. The lowest BCUT2D eigenvalue weighted by molar-refractivity contribution is -0.0948. The Morgan fingerprint density at radius 2 is 1.96 bits per heavy atom. The molecule has 4 nitrogen and oxygen atoms in total. The van der Waals surface area contributed by atoms with E-state index in [-0.39, 0.29) is 29.5 Å². The maximum absolute atomic E-state index is 13.1. The molecule has 0 aromatic carbocycles. The molecule has 0 spiro atoms. The fraction of sp³-hybridized carbons (Fsp3) is 0.474. The topological polar surface area (TPSA) is 42.3 Å². The zero-order chi connectivity index (χ0) is 19.9. The molecule has 2 aliphatic rings. The summed E-state index contributed by atoms with van der Waals surface area (Å²) in [4.78, 5) is 26.7. The zero-order valence-corrected chi connectivity index (χ0v) is 16.7. The highest BCUT2D eigenvalue weighted by atomic mass is 79.9. The molecule has 1 aliphatic heterocycles. The van der Waals surface area contributed by atoms with Crippen LogP contribution in [0.15, 0.2) is 44.2 Å². The van der Waals surface area contributed by atoms with Gasteiger partial charge in [0.25, 0.3) is 11.5 Å². The fourth-order valence-electron chi connectivity index (χ4n) is 3.76. The number of alkyl halides is 3. The molecular weight excluding hydrogens is 425 g/mol. The average Bonchev–Trinajstić information content (AvgIpc) is 2.58. The van der Waals surface area contributed by atoms with Crippen molar-refractivity contribution in [2.75, 3.05) is 6.54 Å². The fourth-order valence-corrected chi connectivity index (χ4v) is 4.11. The highest BCUT2D eigenvalue weighted by Crippen LogP contribution is 2.38. The van der Waals surface area contributed by atoms with Crippen molar-refractivity contribution in [1.29, 1.82) is 0 Å². The molecule has 146 valence electrons. The second kappa shape index (κ2) is 7.30. The van der Waals surface area contributed by atoms with Gasteiger partial charge in [0.1, 0.15) is 5.69 Å². The first-order valence-electron chi connectivity index (χ1n) is 8.78. The third kappa shape index (κ3) is 3.77. The van der Waals surface area contributed by atoms with Gasteiger partial charge in [-0.15, -0.1) is 0 Å². The molecule has 1 aromatic heterocycles. The van der Waals surface area contributed by atoms with E-state index in [2.05, 4.69) is 15.9 Å². The Labute approximate surface area is 163 Å². The van der Waals surface area contributed by atoms with E-state index < -0.39 is 11.7 Å². The number of nitrogens with zero attached hydrogens (tertiary/aromatic N) is 2. The van der Waals surface area contributed by atoms with Crippen molar-refractivity contribution in [3.05, 3.63) is 55.4 Å². The smallest absolute Gasteiger partial charge is 0.333 e. The monoisotopic (exact) mass is 444 g/mol. The number of halogens is 4. The van der Waals surface area contributed by atoms with Crippen molar-refractivity contribution in [3.8, 4) is 0 Å². The summed E-state index contributed by atoms with van der Waals surface area (Å²) >= 11 is 3.18. The third-order valence-corrected chi connectivity index (χ3v) is 5.87. The van der Waals surface area contributed by atoms with E-state index in [1.165, 1.54) is 11.5 Å². The number of fused-ring (bicyclic) bond motifs is 1. The number of amides is 1. The molecule has 0 fully saturated rings. The molecule has 0 radical (unpaired) electrons. The standard InChI is InChI=1S/C19H20BrF3N2O2/c1-11-10-25-16(7-6-15(20)17(25)26)18(27)24(11)9-8-13-4-3-5-14(12(13)2)19(21,22)23/h4,6-7,11H,3,5,8-10H2,1-2H3. The van der Waals surface area contributed by atoms with Crippen LogP contribution in [-0.2, 0) is 6.54 Å². The number of hydrogen-bond donors (Lipinski definition) is 0. The summed E-state index contributed by atoms with van der Waals surface area (Å²) in [6.07, 6.45) is -1.76. The Kier molecular flexibility index (Phi) is 5.38. The molecule has 1 atom stereocenters. The Morgan fingerprint density at radius 1 is 1.26 bits per heavy atom. The van der Waals surface area contributed by atoms with Gasteiger partial charge < -0.3 is 9.47 Å². The van der Waals surface area contributed by atoms with Crippen molar-refractivity contribution in [1.82, 2.24) is 9.47 Å². The summed E-state index contributed by atoms with van der Waals surface area (Å²) in [5, 5.41) is 0. The second-order valence-corrected chi connectivity index (χ2v) is 7.80. The summed E-state index contributed by atoms with van der Waals surface area (Å²) in [5.74, 6) is -0.271. The molecule has 0 saturated carbocycles. The van der Waals surface area contributed by atoms with Crippen LogP contribution in [0.5, 0.6) is 0 Å². The first kappa shape index (κ1) is 19.9. The molecule has 8 heteroatoms. The SMILES string of the molecule is CC1=C(C(F)(F)F)CCC=C1CCN1C(=O)c2ccc(Br)c(=O)n2CC1C. The van der Waals surface area contributed by atoms with Gasteiger partial charge in [0.15, 0.2) is 0 Å². The molecule has 0 bridgehead atoms. The molecule has 0 N–H and O–H groups in total. The summed E-state index contributed by atoms with van der Waals surface area (Å²) < 4.78 is 41.2. The van der Waals surface area contributed by atoms with E-state index >= 15 is 0 Å². The van der Waals surface area contributed by atoms with Crippen molar-refractivity contribution in [3.63, 3.8) is 0 Å². The van der Waals surface area contributed by atoms with Gasteiger partial charge in [-0.25, -0.2) is 0 Å². The van der Waals surface area contributed by atoms with Gasteiger partial charge in [0, 0.05) is 24.7 Å². The Hall–Kier alpha value is -1.83. The summed E-state index contributed by atoms with van der Waals surface area (Å²) in [6, 6.07) is 2.93. The Morgan fingerprint density at radius 3 is 2.63 bits per heavy atom. The molecule has 1 aromatic rings. The van der Waals surface area contributed by atoms with Gasteiger partial charge in [-0.2, -0.15) is 13.2 Å². The summed E-state index contributed by atoms with van der Waals surface area (Å²) in [6.45, 7) is 4.02. The summed E-state index contributed by atoms with van der Waals surface area (Å²) in [7, 11) is 0. The van der Waals surface area contributed by atoms with E-state index in [0.717, 1.165) is 0 Å². The lowest BCUT2D eigenvalue weighted by Gasteiger charge is -2.36. The molecular formula is C19H20BrF3N2O2. The molecule has 3 rings (SSSR count). The van der Waals surface area contributed by atoms with Gasteiger partial charge in [-0.3, -0.25) is 9.59 Å². The number of carbonyl (C=O) groups excluding carboxylic acids is 1. The molecule has 1 amide bonds. The van der Waals surface area contributed by atoms with E-state index in [1.54, 1.807) is 17.0 Å². The van der Waals surface area contributed by atoms with E-state index in [1.807, 2.05) is 13.0 Å². The minimum Gasteiger partial charge on any atom is -0.333 e. The molecule has 1 aliphatic carbocycles. The molecule has 2 heterocycles. The zero-order valence-electron chi connectivity index (χ0n) is 15.1. The van der Waals surface area contributed by atoms with Crippen LogP contribution in [0.4, 0.5) is 13.2 Å². The maximum Gasteiger partial charge on any atom is 0.412 e. The Bertz CT molecular complexity index is 899. The van der Waals surface area contributed by atoms with Crippen LogP contribution in [0, 0.1) is 0 Å². The number of pyridine rings is 1. The third-order valence-electron chi connectivity index (χ3n) is 5.27. The van der Waals surface area contributed by atoms with Crippen molar-refractivity contribution >= 4 is 21.8 Å². The van der Waals surface area contributed by atoms with Gasteiger partial charge in [0.05, 0.1) is 4.47 Å².